The smallest absolute Gasteiger partial charge is 0.187 e. The number of thioether (sulfide) groups is 1. The number of hydrogen-bond acceptors (Lipinski definition) is 5. The van der Waals surface area contributed by atoms with E-state index < -0.39 is 0 Å². The summed E-state index contributed by atoms with van der Waals surface area (Å²) in [5.74, 6) is 1.55. The van der Waals surface area contributed by atoms with Crippen LogP contribution in [-0.2, 0) is 5.75 Å². The Labute approximate surface area is 173 Å². The molecule has 144 valence electrons. The molecule has 28 heavy (non-hydrogen) atoms. The van der Waals surface area contributed by atoms with Gasteiger partial charge < -0.3 is 15.0 Å². The van der Waals surface area contributed by atoms with Crippen LogP contribution in [0.3, 0.4) is 0 Å². The number of H-pyrrole nitrogens is 1. The van der Waals surface area contributed by atoms with Crippen molar-refractivity contribution in [3.05, 3.63) is 66.2 Å². The lowest BCUT2D eigenvalue weighted by atomic mass is 10.1. The van der Waals surface area contributed by atoms with E-state index in [1.54, 1.807) is 31.2 Å². The van der Waals surface area contributed by atoms with Crippen molar-refractivity contribution in [2.45, 2.75) is 10.9 Å². The first-order valence-corrected chi connectivity index (χ1v) is 10.0. The third-order valence-corrected chi connectivity index (χ3v) is 4.98. The number of rotatable bonds is 8. The van der Waals surface area contributed by atoms with Crippen LogP contribution < -0.4 is 15.5 Å². The number of para-hydroxylation sites is 2. The van der Waals surface area contributed by atoms with Gasteiger partial charge in [0.15, 0.2) is 10.3 Å². The van der Waals surface area contributed by atoms with E-state index in [1.807, 2.05) is 42.5 Å². The molecular weight excluding hydrogens is 390 g/mol. The molecule has 0 aliphatic carbocycles. The molecule has 3 rings (SSSR count). The molecule has 1 heterocycles. The van der Waals surface area contributed by atoms with Gasteiger partial charge in [-0.25, -0.2) is 4.98 Å². The maximum atomic E-state index is 5.49. The number of methoxy groups -OCH3 is 1. The molecular formula is C20H21N5OS2. The fraction of sp³-hybridized carbons (Fsp3) is 0.150. The van der Waals surface area contributed by atoms with Gasteiger partial charge in [0.1, 0.15) is 5.75 Å². The number of aromatic amines is 1. The highest BCUT2D eigenvalue weighted by molar-refractivity contribution is 7.98. The van der Waals surface area contributed by atoms with Gasteiger partial charge in [-0.3, -0.25) is 5.43 Å². The zero-order valence-corrected chi connectivity index (χ0v) is 17.1. The average molecular weight is 412 g/mol. The molecule has 6 nitrogen and oxygen atoms in total. The van der Waals surface area contributed by atoms with Gasteiger partial charge in [0.05, 0.1) is 24.4 Å². The summed E-state index contributed by atoms with van der Waals surface area (Å²) in [6.45, 7) is 4.22. The molecule has 0 aliphatic rings. The number of thiocarbonyl (C=S) groups is 1. The summed E-state index contributed by atoms with van der Waals surface area (Å²) in [6, 6.07) is 13.9. The fourth-order valence-corrected chi connectivity index (χ4v) is 3.50. The third kappa shape index (κ3) is 5.34. The van der Waals surface area contributed by atoms with Crippen molar-refractivity contribution < 1.29 is 4.74 Å². The van der Waals surface area contributed by atoms with Gasteiger partial charge in [-0.05, 0) is 48.1 Å². The van der Waals surface area contributed by atoms with E-state index in [0.29, 0.717) is 11.7 Å². The molecule has 0 amide bonds. The Morgan fingerprint density at radius 2 is 2.21 bits per heavy atom. The molecule has 0 unspecified atom stereocenters. The molecule has 3 N–H and O–H groups in total. The normalized spacial score (nSPS) is 10.9. The van der Waals surface area contributed by atoms with Crippen LogP contribution in [-0.4, -0.2) is 34.9 Å². The zero-order valence-electron chi connectivity index (χ0n) is 15.4. The maximum absolute atomic E-state index is 5.49. The third-order valence-electron chi connectivity index (χ3n) is 3.82. The molecule has 0 bridgehead atoms. The van der Waals surface area contributed by atoms with Gasteiger partial charge in [-0.1, -0.05) is 30.0 Å². The predicted octanol–water partition coefficient (Wildman–Crippen LogP) is 3.85. The number of aromatic nitrogens is 2. The largest absolute Gasteiger partial charge is 0.496 e. The van der Waals surface area contributed by atoms with Gasteiger partial charge in [-0.2, -0.15) is 5.10 Å². The summed E-state index contributed by atoms with van der Waals surface area (Å²) in [5.41, 5.74) is 6.78. The molecule has 2 aromatic carbocycles. The minimum absolute atomic E-state index is 0.449. The molecule has 0 aliphatic heterocycles. The van der Waals surface area contributed by atoms with E-state index >= 15 is 0 Å². The Hall–Kier alpha value is -2.84. The standard InChI is InChI=1S/C20H21N5OS2/c1-3-10-21-19(27)25-22-12-14-8-9-18(26-2)15(11-14)13-28-20-23-16-6-4-5-7-17(16)24-20/h3-9,11-12H,1,10,13H2,2H3,(H,23,24)(H2,21,25,27). The first kappa shape index (κ1) is 19.9. The lowest BCUT2D eigenvalue weighted by Gasteiger charge is -2.09. The number of benzene rings is 2. The summed E-state index contributed by atoms with van der Waals surface area (Å²) in [4.78, 5) is 7.93. The van der Waals surface area contributed by atoms with Crippen molar-refractivity contribution in [1.29, 1.82) is 0 Å². The van der Waals surface area contributed by atoms with E-state index in [1.165, 1.54) is 0 Å². The number of imidazole rings is 1. The number of hydrogen-bond donors (Lipinski definition) is 3. The van der Waals surface area contributed by atoms with Crippen LogP contribution >= 0.6 is 24.0 Å². The molecule has 3 aromatic rings. The number of nitrogens with one attached hydrogen (secondary N) is 3. The Morgan fingerprint density at radius 1 is 1.36 bits per heavy atom. The number of hydrazone groups is 1. The van der Waals surface area contributed by atoms with Crippen molar-refractivity contribution >= 4 is 46.3 Å². The minimum atomic E-state index is 0.449. The van der Waals surface area contributed by atoms with E-state index in [0.717, 1.165) is 38.8 Å². The van der Waals surface area contributed by atoms with E-state index in [2.05, 4.69) is 32.4 Å². The predicted molar refractivity (Wildman–Crippen MR) is 120 cm³/mol. The van der Waals surface area contributed by atoms with Gasteiger partial charge in [0.2, 0.25) is 0 Å². The summed E-state index contributed by atoms with van der Waals surface area (Å²) in [7, 11) is 1.67. The zero-order chi connectivity index (χ0) is 19.8. The van der Waals surface area contributed by atoms with Crippen LogP contribution in [0.2, 0.25) is 0 Å². The van der Waals surface area contributed by atoms with Crippen molar-refractivity contribution in [1.82, 2.24) is 20.7 Å². The van der Waals surface area contributed by atoms with Crippen LogP contribution in [0.5, 0.6) is 5.75 Å². The molecule has 0 saturated carbocycles. The monoisotopic (exact) mass is 411 g/mol. The Balaban J connectivity index is 1.66. The van der Waals surface area contributed by atoms with Gasteiger partial charge in [-0.15, -0.1) is 6.58 Å². The second-order valence-corrected chi connectivity index (χ2v) is 7.16. The van der Waals surface area contributed by atoms with E-state index in [9.17, 15) is 0 Å². The average Bonchev–Trinajstić information content (AvgIpc) is 3.14. The lowest BCUT2D eigenvalue weighted by molar-refractivity contribution is 0.411. The van der Waals surface area contributed by atoms with Crippen LogP contribution in [0.25, 0.3) is 11.0 Å². The van der Waals surface area contributed by atoms with Crippen molar-refractivity contribution in [3.63, 3.8) is 0 Å². The summed E-state index contributed by atoms with van der Waals surface area (Å²) in [5, 5.41) is 8.44. The highest BCUT2D eigenvalue weighted by Crippen LogP contribution is 2.28. The SMILES string of the molecule is C=CCNC(=S)NN=Cc1ccc(OC)c(CSc2nc3ccccc3[nH]2)c1. The van der Waals surface area contributed by atoms with Crippen LogP contribution in [0.15, 0.2) is 65.4 Å². The molecule has 0 saturated heterocycles. The molecule has 0 atom stereocenters. The summed E-state index contributed by atoms with van der Waals surface area (Å²) in [6.07, 6.45) is 3.45. The molecule has 0 radical (unpaired) electrons. The molecule has 0 spiro atoms. The van der Waals surface area contributed by atoms with Gasteiger partial charge >= 0.3 is 0 Å². The lowest BCUT2D eigenvalue weighted by Crippen LogP contribution is -2.31. The van der Waals surface area contributed by atoms with Crippen molar-refractivity contribution in [3.8, 4) is 5.75 Å². The highest BCUT2D eigenvalue weighted by Gasteiger charge is 2.08. The fourth-order valence-electron chi connectivity index (χ4n) is 2.51. The minimum Gasteiger partial charge on any atom is -0.496 e. The maximum Gasteiger partial charge on any atom is 0.187 e. The highest BCUT2D eigenvalue weighted by atomic mass is 32.2. The van der Waals surface area contributed by atoms with Crippen molar-refractivity contribution in [2.75, 3.05) is 13.7 Å². The second kappa shape index (κ2) is 9.91. The number of ether oxygens (including phenoxy) is 1. The molecule has 0 fully saturated rings. The second-order valence-electron chi connectivity index (χ2n) is 5.79. The van der Waals surface area contributed by atoms with E-state index in [-0.39, 0.29) is 0 Å². The van der Waals surface area contributed by atoms with Crippen LogP contribution in [0, 0.1) is 0 Å². The van der Waals surface area contributed by atoms with Gasteiger partial charge in [0, 0.05) is 17.9 Å². The van der Waals surface area contributed by atoms with Gasteiger partial charge in [0.25, 0.3) is 0 Å². The Bertz CT molecular complexity index is 966. The molecule has 8 heteroatoms. The van der Waals surface area contributed by atoms with E-state index in [4.69, 9.17) is 17.0 Å². The molecule has 1 aromatic heterocycles. The number of fused-ring (bicyclic) bond motifs is 1. The van der Waals surface area contributed by atoms with Crippen LogP contribution in [0.4, 0.5) is 0 Å². The van der Waals surface area contributed by atoms with Crippen LogP contribution in [0.1, 0.15) is 11.1 Å². The Kier molecular flexibility index (Phi) is 7.05. The first-order chi connectivity index (χ1) is 13.7. The topological polar surface area (TPSA) is 74.3 Å². The first-order valence-electron chi connectivity index (χ1n) is 8.62. The Morgan fingerprint density at radius 3 is 3.00 bits per heavy atom. The number of nitrogens with zero attached hydrogens (tertiary/aromatic N) is 2. The quantitative estimate of drug-likeness (QED) is 0.172. The summed E-state index contributed by atoms with van der Waals surface area (Å²) < 4.78 is 5.49. The summed E-state index contributed by atoms with van der Waals surface area (Å²) >= 11 is 6.73. The van der Waals surface area contributed by atoms with Crippen molar-refractivity contribution in [2.24, 2.45) is 5.10 Å².